The number of piperidine rings is 1. The Hall–Kier alpha value is -1.49. The second-order valence-corrected chi connectivity index (χ2v) is 4.78. The zero-order valence-corrected chi connectivity index (χ0v) is 11.1. The van der Waals surface area contributed by atoms with Gasteiger partial charge in [-0.05, 0) is 25.3 Å². The average Bonchev–Trinajstić information content (AvgIpc) is 2.44. The summed E-state index contributed by atoms with van der Waals surface area (Å²) in [6.07, 6.45) is 5.47. The summed E-state index contributed by atoms with van der Waals surface area (Å²) in [7, 11) is 0. The highest BCUT2D eigenvalue weighted by molar-refractivity contribution is 5.94. The molecule has 0 radical (unpaired) electrons. The third-order valence-corrected chi connectivity index (χ3v) is 3.17. The molecule has 19 heavy (non-hydrogen) atoms. The Labute approximate surface area is 112 Å². The Kier molecular flexibility index (Phi) is 4.85. The number of pyridine rings is 1. The average molecular weight is 266 g/mol. The number of likely N-dealkylation sites (tertiary alicyclic amines) is 1. The molecule has 1 amide bonds. The van der Waals surface area contributed by atoms with Crippen molar-refractivity contribution in [3.8, 4) is 0 Å². The summed E-state index contributed by atoms with van der Waals surface area (Å²) < 4.78 is 18.8. The molecule has 1 aromatic heterocycles. The fourth-order valence-corrected chi connectivity index (χ4v) is 2.25. The smallest absolute Gasteiger partial charge is 0.255 e. The van der Waals surface area contributed by atoms with E-state index in [1.807, 2.05) is 0 Å². The molecule has 0 bridgehead atoms. The molecule has 2 rings (SSSR count). The molecule has 1 atom stereocenters. The first-order valence-corrected chi connectivity index (χ1v) is 6.72. The maximum absolute atomic E-state index is 13.1. The van der Waals surface area contributed by atoms with Gasteiger partial charge < -0.3 is 9.64 Å². The predicted molar refractivity (Wildman–Crippen MR) is 69.4 cm³/mol. The Morgan fingerprint density at radius 2 is 2.42 bits per heavy atom. The van der Waals surface area contributed by atoms with Gasteiger partial charge in [-0.2, -0.15) is 0 Å². The summed E-state index contributed by atoms with van der Waals surface area (Å²) >= 11 is 0. The Morgan fingerprint density at radius 1 is 1.58 bits per heavy atom. The van der Waals surface area contributed by atoms with Crippen LogP contribution in [-0.2, 0) is 4.74 Å². The number of hydrogen-bond donors (Lipinski definition) is 0. The number of hydrogen-bond acceptors (Lipinski definition) is 3. The molecule has 1 aliphatic rings. The van der Waals surface area contributed by atoms with Crippen molar-refractivity contribution in [2.24, 2.45) is 0 Å². The fraction of sp³-hybridized carbons (Fsp3) is 0.571. The summed E-state index contributed by atoms with van der Waals surface area (Å²) in [5.41, 5.74) is 0.302. The molecule has 0 saturated carbocycles. The normalized spacial score (nSPS) is 19.5. The van der Waals surface area contributed by atoms with E-state index in [1.54, 1.807) is 4.90 Å². The van der Waals surface area contributed by atoms with E-state index in [2.05, 4.69) is 11.9 Å². The number of nitrogens with zero attached hydrogens (tertiary/aromatic N) is 2. The van der Waals surface area contributed by atoms with Crippen molar-refractivity contribution in [1.29, 1.82) is 0 Å². The lowest BCUT2D eigenvalue weighted by molar-refractivity contribution is 0.00208. The van der Waals surface area contributed by atoms with Crippen LogP contribution in [0.25, 0.3) is 0 Å². The van der Waals surface area contributed by atoms with Gasteiger partial charge in [-0.25, -0.2) is 4.39 Å². The highest BCUT2D eigenvalue weighted by atomic mass is 19.1. The third-order valence-electron chi connectivity index (χ3n) is 3.17. The van der Waals surface area contributed by atoms with Crippen LogP contribution in [0.3, 0.4) is 0 Å². The highest BCUT2D eigenvalue weighted by Gasteiger charge is 2.25. The zero-order chi connectivity index (χ0) is 13.7. The lowest BCUT2D eigenvalue weighted by Gasteiger charge is -2.32. The quantitative estimate of drug-likeness (QED) is 0.839. The van der Waals surface area contributed by atoms with Gasteiger partial charge in [0.15, 0.2) is 0 Å². The number of carbonyl (C=O) groups excluding carboxylic acids is 1. The van der Waals surface area contributed by atoms with Crippen LogP contribution in [0.4, 0.5) is 4.39 Å². The van der Waals surface area contributed by atoms with Gasteiger partial charge in [0.25, 0.3) is 5.91 Å². The summed E-state index contributed by atoms with van der Waals surface area (Å²) in [4.78, 5) is 17.7. The largest absolute Gasteiger partial charge is 0.376 e. The maximum atomic E-state index is 13.1. The van der Waals surface area contributed by atoms with Crippen LogP contribution >= 0.6 is 0 Å². The molecule has 0 N–H and O–H groups in total. The van der Waals surface area contributed by atoms with E-state index >= 15 is 0 Å². The topological polar surface area (TPSA) is 42.4 Å². The molecule has 104 valence electrons. The second-order valence-electron chi connectivity index (χ2n) is 4.78. The molecule has 1 saturated heterocycles. The van der Waals surface area contributed by atoms with E-state index in [9.17, 15) is 9.18 Å². The standard InChI is InChI=1S/C14H19FN2O2/c1-2-6-19-13-4-3-5-17(10-13)14(18)11-7-12(15)9-16-8-11/h7-9,13H,2-6,10H2,1H3/t13-/m0/s1. The summed E-state index contributed by atoms with van der Waals surface area (Å²) in [6.45, 7) is 4.05. The molecule has 1 aliphatic heterocycles. The van der Waals surface area contributed by atoms with Gasteiger partial charge in [0.05, 0.1) is 17.9 Å². The van der Waals surface area contributed by atoms with Crippen LogP contribution < -0.4 is 0 Å². The van der Waals surface area contributed by atoms with Crippen molar-refractivity contribution in [3.63, 3.8) is 0 Å². The number of halogens is 1. The summed E-state index contributed by atoms with van der Waals surface area (Å²) in [5, 5.41) is 0. The van der Waals surface area contributed by atoms with Crippen molar-refractivity contribution >= 4 is 5.91 Å². The molecular weight excluding hydrogens is 247 g/mol. The van der Waals surface area contributed by atoms with Crippen LogP contribution in [0, 0.1) is 5.82 Å². The first-order valence-electron chi connectivity index (χ1n) is 6.72. The molecule has 1 aromatic rings. The first kappa shape index (κ1) is 13.9. The molecule has 4 nitrogen and oxygen atoms in total. The van der Waals surface area contributed by atoms with Gasteiger partial charge in [0, 0.05) is 25.9 Å². The number of ether oxygens (including phenoxy) is 1. The van der Waals surface area contributed by atoms with E-state index in [1.165, 1.54) is 12.3 Å². The van der Waals surface area contributed by atoms with Crippen molar-refractivity contribution in [2.75, 3.05) is 19.7 Å². The molecular formula is C14H19FN2O2. The first-order chi connectivity index (χ1) is 9.20. The number of rotatable bonds is 4. The van der Waals surface area contributed by atoms with Gasteiger partial charge in [0.2, 0.25) is 0 Å². The van der Waals surface area contributed by atoms with E-state index in [0.717, 1.165) is 25.5 Å². The monoisotopic (exact) mass is 266 g/mol. The van der Waals surface area contributed by atoms with E-state index in [4.69, 9.17) is 4.74 Å². The molecule has 5 heteroatoms. The molecule has 2 heterocycles. The van der Waals surface area contributed by atoms with E-state index < -0.39 is 5.82 Å². The maximum Gasteiger partial charge on any atom is 0.255 e. The predicted octanol–water partition coefficient (Wildman–Crippen LogP) is 2.25. The minimum atomic E-state index is -0.485. The van der Waals surface area contributed by atoms with Crippen molar-refractivity contribution < 1.29 is 13.9 Å². The van der Waals surface area contributed by atoms with Gasteiger partial charge in [-0.1, -0.05) is 6.92 Å². The van der Waals surface area contributed by atoms with E-state index in [0.29, 0.717) is 25.3 Å². The summed E-state index contributed by atoms with van der Waals surface area (Å²) in [5.74, 6) is -0.654. The van der Waals surface area contributed by atoms with Crippen LogP contribution in [0.5, 0.6) is 0 Å². The van der Waals surface area contributed by atoms with Gasteiger partial charge in [0.1, 0.15) is 5.82 Å². The molecule has 1 fully saturated rings. The highest BCUT2D eigenvalue weighted by Crippen LogP contribution is 2.16. The molecule has 0 aromatic carbocycles. The fourth-order valence-electron chi connectivity index (χ4n) is 2.25. The van der Waals surface area contributed by atoms with Gasteiger partial charge >= 0.3 is 0 Å². The Balaban J connectivity index is 1.99. The zero-order valence-electron chi connectivity index (χ0n) is 11.1. The minimum absolute atomic E-state index is 0.0965. The van der Waals surface area contributed by atoms with Crippen LogP contribution in [0.1, 0.15) is 36.5 Å². The molecule has 0 unspecified atom stereocenters. The third kappa shape index (κ3) is 3.73. The Morgan fingerprint density at radius 3 is 3.16 bits per heavy atom. The van der Waals surface area contributed by atoms with Crippen molar-refractivity contribution in [3.05, 3.63) is 29.8 Å². The van der Waals surface area contributed by atoms with Gasteiger partial charge in [-0.3, -0.25) is 9.78 Å². The summed E-state index contributed by atoms with van der Waals surface area (Å²) in [6, 6.07) is 1.23. The van der Waals surface area contributed by atoms with Crippen LogP contribution in [0.15, 0.2) is 18.5 Å². The van der Waals surface area contributed by atoms with Crippen molar-refractivity contribution in [2.45, 2.75) is 32.3 Å². The minimum Gasteiger partial charge on any atom is -0.376 e. The Bertz CT molecular complexity index is 439. The number of carbonyl (C=O) groups is 1. The number of aromatic nitrogens is 1. The van der Waals surface area contributed by atoms with E-state index in [-0.39, 0.29) is 12.0 Å². The van der Waals surface area contributed by atoms with Gasteiger partial charge in [-0.15, -0.1) is 0 Å². The van der Waals surface area contributed by atoms with Crippen LogP contribution in [-0.4, -0.2) is 41.6 Å². The van der Waals surface area contributed by atoms with Crippen LogP contribution in [0.2, 0.25) is 0 Å². The lowest BCUT2D eigenvalue weighted by Crippen LogP contribution is -2.43. The SMILES string of the molecule is CCCO[C@H]1CCCN(C(=O)c2cncc(F)c2)C1. The van der Waals surface area contributed by atoms with Crippen molar-refractivity contribution in [1.82, 2.24) is 9.88 Å². The number of amides is 1. The molecule has 0 aliphatic carbocycles. The second kappa shape index (κ2) is 6.61. The lowest BCUT2D eigenvalue weighted by atomic mass is 10.1. The molecule has 0 spiro atoms.